The Morgan fingerprint density at radius 1 is 1.22 bits per heavy atom. The molecule has 122 valence electrons. The predicted octanol–water partition coefficient (Wildman–Crippen LogP) is 2.26. The molecule has 1 fully saturated rings. The van der Waals surface area contributed by atoms with Crippen molar-refractivity contribution in [1.82, 2.24) is 15.2 Å². The van der Waals surface area contributed by atoms with Gasteiger partial charge in [0.05, 0.1) is 5.56 Å². The molecule has 0 saturated carbocycles. The fourth-order valence-electron chi connectivity index (χ4n) is 3.27. The lowest BCUT2D eigenvalue weighted by atomic mass is 10.1. The average Bonchev–Trinajstić information content (AvgIpc) is 3.17. The number of hydrogen-bond donors (Lipinski definition) is 2. The van der Waals surface area contributed by atoms with E-state index in [2.05, 4.69) is 15.2 Å². The topological polar surface area (TPSA) is 65.2 Å². The molecule has 1 aromatic heterocycles. The van der Waals surface area contributed by atoms with Crippen LogP contribution in [0.5, 0.6) is 0 Å². The molecule has 3 rings (SSSR count). The molecule has 1 saturated heterocycles. The Morgan fingerprint density at radius 2 is 1.96 bits per heavy atom. The van der Waals surface area contributed by atoms with Gasteiger partial charge in [-0.15, -0.1) is 0 Å². The minimum absolute atomic E-state index is 0.457. The monoisotopic (exact) mass is 313 g/mol. The molecule has 2 heterocycles. The third-order valence-corrected chi connectivity index (χ3v) is 4.46. The molecule has 2 aromatic rings. The first-order valence-electron chi connectivity index (χ1n) is 8.29. The lowest BCUT2D eigenvalue weighted by Gasteiger charge is -2.14. The molecular formula is C18H23N3O2. The summed E-state index contributed by atoms with van der Waals surface area (Å²) in [7, 11) is 0. The van der Waals surface area contributed by atoms with Crippen LogP contribution in [0.25, 0.3) is 10.9 Å². The van der Waals surface area contributed by atoms with Gasteiger partial charge in [0, 0.05) is 23.1 Å². The van der Waals surface area contributed by atoms with Crippen LogP contribution in [0.15, 0.2) is 24.3 Å². The summed E-state index contributed by atoms with van der Waals surface area (Å²) < 4.78 is 0. The third kappa shape index (κ3) is 3.45. The highest BCUT2D eigenvalue weighted by molar-refractivity contribution is 6.45. The van der Waals surface area contributed by atoms with Crippen LogP contribution in [0.1, 0.15) is 35.3 Å². The second-order valence-corrected chi connectivity index (χ2v) is 6.16. The number of ketones is 1. The molecule has 1 amide bonds. The van der Waals surface area contributed by atoms with E-state index in [-0.39, 0.29) is 0 Å². The lowest BCUT2D eigenvalue weighted by molar-refractivity contribution is -0.117. The van der Waals surface area contributed by atoms with E-state index in [1.54, 1.807) is 0 Å². The van der Waals surface area contributed by atoms with Crippen molar-refractivity contribution in [2.45, 2.75) is 26.2 Å². The highest BCUT2D eigenvalue weighted by Gasteiger charge is 2.22. The Hall–Kier alpha value is -2.14. The van der Waals surface area contributed by atoms with Crippen LogP contribution in [0.3, 0.4) is 0 Å². The molecule has 0 aliphatic carbocycles. The van der Waals surface area contributed by atoms with E-state index in [0.717, 1.165) is 42.7 Å². The van der Waals surface area contributed by atoms with E-state index >= 15 is 0 Å². The molecule has 1 aliphatic rings. The maximum absolute atomic E-state index is 12.4. The molecule has 5 heteroatoms. The van der Waals surface area contributed by atoms with E-state index in [4.69, 9.17) is 0 Å². The zero-order chi connectivity index (χ0) is 16.2. The van der Waals surface area contributed by atoms with Crippen LogP contribution < -0.4 is 5.32 Å². The number of hydrogen-bond acceptors (Lipinski definition) is 3. The number of fused-ring (bicyclic) bond motifs is 1. The van der Waals surface area contributed by atoms with Gasteiger partial charge in [0.15, 0.2) is 0 Å². The van der Waals surface area contributed by atoms with E-state index in [0.29, 0.717) is 12.1 Å². The zero-order valence-corrected chi connectivity index (χ0v) is 13.5. The van der Waals surface area contributed by atoms with E-state index in [9.17, 15) is 9.59 Å². The summed E-state index contributed by atoms with van der Waals surface area (Å²) in [6.07, 6.45) is 3.42. The van der Waals surface area contributed by atoms with Crippen molar-refractivity contribution in [1.29, 1.82) is 0 Å². The number of carbonyl (C=O) groups is 2. The fraction of sp³-hybridized carbons (Fsp3) is 0.444. The van der Waals surface area contributed by atoms with Crippen molar-refractivity contribution in [3.8, 4) is 0 Å². The number of H-pyrrole nitrogens is 1. The molecule has 0 unspecified atom stereocenters. The zero-order valence-electron chi connectivity index (χ0n) is 13.5. The SMILES string of the molecule is Cc1[nH]c2ccccc2c1C(=O)C(=O)NCCCN1CCCC1. The van der Waals surface area contributed by atoms with Gasteiger partial charge in [-0.1, -0.05) is 18.2 Å². The van der Waals surface area contributed by atoms with Gasteiger partial charge in [0.2, 0.25) is 0 Å². The van der Waals surface area contributed by atoms with Crippen molar-refractivity contribution in [2.24, 2.45) is 0 Å². The number of amides is 1. The quantitative estimate of drug-likeness (QED) is 0.488. The summed E-state index contributed by atoms with van der Waals surface area (Å²) in [5.74, 6) is -0.972. The van der Waals surface area contributed by atoms with Crippen molar-refractivity contribution >= 4 is 22.6 Å². The van der Waals surface area contributed by atoms with E-state index in [1.807, 2.05) is 31.2 Å². The van der Waals surface area contributed by atoms with Crippen LogP contribution in [0, 0.1) is 6.92 Å². The molecule has 1 aromatic carbocycles. The number of carbonyl (C=O) groups excluding carboxylic acids is 2. The first kappa shape index (κ1) is 15.7. The molecular weight excluding hydrogens is 290 g/mol. The number of aromatic amines is 1. The molecule has 1 aliphatic heterocycles. The van der Waals surface area contributed by atoms with Crippen molar-refractivity contribution in [3.05, 3.63) is 35.5 Å². The molecule has 23 heavy (non-hydrogen) atoms. The number of Topliss-reactive ketones (excluding diaryl/α,β-unsaturated/α-hetero) is 1. The predicted molar refractivity (Wildman–Crippen MR) is 90.7 cm³/mol. The van der Waals surface area contributed by atoms with Crippen LogP contribution in [-0.4, -0.2) is 47.8 Å². The lowest BCUT2D eigenvalue weighted by Crippen LogP contribution is -2.33. The fourth-order valence-corrected chi connectivity index (χ4v) is 3.27. The molecule has 0 bridgehead atoms. The molecule has 5 nitrogen and oxygen atoms in total. The van der Waals surface area contributed by atoms with E-state index < -0.39 is 11.7 Å². The number of aryl methyl sites for hydroxylation is 1. The van der Waals surface area contributed by atoms with Gasteiger partial charge in [-0.2, -0.15) is 0 Å². The summed E-state index contributed by atoms with van der Waals surface area (Å²) in [5.41, 5.74) is 2.11. The molecule has 0 atom stereocenters. The number of benzene rings is 1. The Morgan fingerprint density at radius 3 is 2.74 bits per heavy atom. The Labute approximate surface area is 136 Å². The largest absolute Gasteiger partial charge is 0.358 e. The molecule has 2 N–H and O–H groups in total. The number of aromatic nitrogens is 1. The normalized spacial score (nSPS) is 15.2. The van der Waals surface area contributed by atoms with Gasteiger partial charge < -0.3 is 15.2 Å². The van der Waals surface area contributed by atoms with Gasteiger partial charge in [0.25, 0.3) is 11.7 Å². The van der Waals surface area contributed by atoms with Gasteiger partial charge >= 0.3 is 0 Å². The highest BCUT2D eigenvalue weighted by atomic mass is 16.2. The van der Waals surface area contributed by atoms with Crippen LogP contribution in [0.4, 0.5) is 0 Å². The molecule has 0 radical (unpaired) electrons. The Kier molecular flexibility index (Phi) is 4.76. The van der Waals surface area contributed by atoms with Crippen molar-refractivity contribution in [2.75, 3.05) is 26.2 Å². The van der Waals surface area contributed by atoms with E-state index in [1.165, 1.54) is 12.8 Å². The van der Waals surface area contributed by atoms with Crippen LogP contribution in [-0.2, 0) is 4.79 Å². The Balaban J connectivity index is 1.58. The van der Waals surface area contributed by atoms with Gasteiger partial charge in [-0.3, -0.25) is 9.59 Å². The summed E-state index contributed by atoms with van der Waals surface area (Å²) in [6.45, 7) is 5.67. The van der Waals surface area contributed by atoms with Gasteiger partial charge in [-0.25, -0.2) is 0 Å². The molecule has 0 spiro atoms. The second-order valence-electron chi connectivity index (χ2n) is 6.16. The second kappa shape index (κ2) is 6.96. The number of rotatable bonds is 6. The number of nitrogens with one attached hydrogen (secondary N) is 2. The van der Waals surface area contributed by atoms with Gasteiger partial charge in [0.1, 0.15) is 0 Å². The maximum atomic E-state index is 12.4. The Bertz CT molecular complexity index is 714. The first-order valence-corrected chi connectivity index (χ1v) is 8.29. The average molecular weight is 313 g/mol. The van der Waals surface area contributed by atoms with Crippen LogP contribution in [0.2, 0.25) is 0 Å². The first-order chi connectivity index (χ1) is 11.2. The number of para-hydroxylation sites is 1. The third-order valence-electron chi connectivity index (χ3n) is 4.46. The smallest absolute Gasteiger partial charge is 0.292 e. The van der Waals surface area contributed by atoms with Crippen molar-refractivity contribution in [3.63, 3.8) is 0 Å². The summed E-state index contributed by atoms with van der Waals surface area (Å²) >= 11 is 0. The standard InChI is InChI=1S/C18H23N3O2/c1-13-16(14-7-2-3-8-15(14)20-13)17(22)18(23)19-9-6-12-21-10-4-5-11-21/h2-3,7-8,20H,4-6,9-12H2,1H3,(H,19,23). The maximum Gasteiger partial charge on any atom is 0.292 e. The summed E-state index contributed by atoms with van der Waals surface area (Å²) in [6, 6.07) is 7.56. The van der Waals surface area contributed by atoms with Gasteiger partial charge in [-0.05, 0) is 51.9 Å². The minimum atomic E-state index is -0.515. The highest BCUT2D eigenvalue weighted by Crippen LogP contribution is 2.22. The summed E-state index contributed by atoms with van der Waals surface area (Å²) in [5, 5.41) is 3.57. The minimum Gasteiger partial charge on any atom is -0.358 e. The summed E-state index contributed by atoms with van der Waals surface area (Å²) in [4.78, 5) is 30.2. The number of nitrogens with zero attached hydrogens (tertiary/aromatic N) is 1. The number of likely N-dealkylation sites (tertiary alicyclic amines) is 1. The van der Waals surface area contributed by atoms with Crippen LogP contribution >= 0.6 is 0 Å². The van der Waals surface area contributed by atoms with Crippen molar-refractivity contribution < 1.29 is 9.59 Å².